The van der Waals surface area contributed by atoms with Crippen LogP contribution in [0.25, 0.3) is 0 Å². The fraction of sp³-hybridized carbons (Fsp3) is 0.542. The van der Waals surface area contributed by atoms with Crippen molar-refractivity contribution in [3.05, 3.63) is 59.9 Å². The molecule has 1 aliphatic heterocycles. The third-order valence-electron chi connectivity index (χ3n) is 6.63. The summed E-state index contributed by atoms with van der Waals surface area (Å²) in [5, 5.41) is 3.50. The molecule has 5 heteroatoms. The van der Waals surface area contributed by atoms with Gasteiger partial charge in [0.2, 0.25) is 5.91 Å². The van der Waals surface area contributed by atoms with Gasteiger partial charge in [-0.2, -0.15) is 0 Å². The van der Waals surface area contributed by atoms with E-state index in [4.69, 9.17) is 4.74 Å². The van der Waals surface area contributed by atoms with Crippen molar-refractivity contribution < 1.29 is 9.53 Å². The number of benzene rings is 1. The summed E-state index contributed by atoms with van der Waals surface area (Å²) in [6, 6.07) is 10.7. The zero-order valence-electron chi connectivity index (χ0n) is 17.6. The van der Waals surface area contributed by atoms with Crippen LogP contribution in [0.2, 0.25) is 0 Å². The average molecular weight is 396 g/mol. The van der Waals surface area contributed by atoms with Crippen LogP contribution in [-0.4, -0.2) is 61.5 Å². The normalized spacial score (nSPS) is 29.4. The molecule has 0 radical (unpaired) electrons. The second-order valence-corrected chi connectivity index (χ2v) is 8.94. The number of carbonyl (C=O) groups excluding carboxylic acids is 1. The number of ether oxygens (including phenoxy) is 1. The molecule has 156 valence electrons. The Hall–Kier alpha value is -2.11. The number of nitrogens with zero attached hydrogens (tertiary/aromatic N) is 2. The first-order chi connectivity index (χ1) is 14.0. The lowest BCUT2D eigenvalue weighted by molar-refractivity contribution is -0.131. The number of amides is 1. The molecule has 1 saturated carbocycles. The van der Waals surface area contributed by atoms with E-state index in [1.807, 2.05) is 23.1 Å². The fourth-order valence-electron chi connectivity index (χ4n) is 4.39. The predicted octanol–water partition coefficient (Wildman–Crippen LogP) is 2.81. The molecule has 1 unspecified atom stereocenters. The van der Waals surface area contributed by atoms with Crippen molar-refractivity contribution in [2.45, 2.75) is 32.4 Å². The molecule has 1 heterocycles. The molecule has 3 aliphatic rings. The summed E-state index contributed by atoms with van der Waals surface area (Å²) < 4.78 is 5.95. The number of allylic oxidation sites excluding steroid dienone is 3. The molecule has 1 aromatic rings. The first-order valence-electron chi connectivity index (χ1n) is 10.8. The summed E-state index contributed by atoms with van der Waals surface area (Å²) in [7, 11) is 2.11. The molecule has 0 aromatic heterocycles. The number of hydrogen-bond acceptors (Lipinski definition) is 4. The van der Waals surface area contributed by atoms with Crippen LogP contribution in [0.5, 0.6) is 0 Å². The van der Waals surface area contributed by atoms with Gasteiger partial charge in [-0.05, 0) is 48.9 Å². The SMILES string of the molecule is CN1CCN(C(=O)CN[C@@H]2C[C@H]2C2(C)C=CC(OCc3ccccc3)=CC2)CC1. The van der Waals surface area contributed by atoms with Gasteiger partial charge in [0.1, 0.15) is 12.4 Å². The van der Waals surface area contributed by atoms with Gasteiger partial charge in [-0.3, -0.25) is 4.79 Å². The second kappa shape index (κ2) is 8.72. The second-order valence-electron chi connectivity index (χ2n) is 8.94. The van der Waals surface area contributed by atoms with E-state index in [1.54, 1.807) is 0 Å². The van der Waals surface area contributed by atoms with Crippen LogP contribution in [0.15, 0.2) is 54.3 Å². The number of piperazine rings is 1. The highest BCUT2D eigenvalue weighted by Crippen LogP contribution is 2.50. The van der Waals surface area contributed by atoms with Crippen LogP contribution in [0.4, 0.5) is 0 Å². The van der Waals surface area contributed by atoms with Crippen LogP contribution in [0, 0.1) is 11.3 Å². The van der Waals surface area contributed by atoms with E-state index in [9.17, 15) is 4.79 Å². The maximum Gasteiger partial charge on any atom is 0.236 e. The summed E-state index contributed by atoms with van der Waals surface area (Å²) in [6.07, 6.45) is 8.78. The molecule has 5 nitrogen and oxygen atoms in total. The van der Waals surface area contributed by atoms with Gasteiger partial charge in [0.15, 0.2) is 0 Å². The summed E-state index contributed by atoms with van der Waals surface area (Å²) in [5.74, 6) is 1.79. The van der Waals surface area contributed by atoms with Gasteiger partial charge in [-0.1, -0.05) is 43.3 Å². The average Bonchev–Trinajstić information content (AvgIpc) is 3.54. The topological polar surface area (TPSA) is 44.8 Å². The van der Waals surface area contributed by atoms with Gasteiger partial charge in [0, 0.05) is 32.2 Å². The number of hydrogen-bond donors (Lipinski definition) is 1. The Balaban J connectivity index is 1.20. The fourth-order valence-corrected chi connectivity index (χ4v) is 4.39. The molecule has 0 bridgehead atoms. The van der Waals surface area contributed by atoms with E-state index in [0.717, 1.165) is 44.8 Å². The maximum atomic E-state index is 12.4. The van der Waals surface area contributed by atoms with Crippen LogP contribution in [-0.2, 0) is 16.1 Å². The van der Waals surface area contributed by atoms with Crippen molar-refractivity contribution in [2.75, 3.05) is 39.8 Å². The molecule has 0 spiro atoms. The summed E-state index contributed by atoms with van der Waals surface area (Å²) >= 11 is 0. The van der Waals surface area contributed by atoms with Gasteiger partial charge in [0.05, 0.1) is 6.54 Å². The minimum absolute atomic E-state index is 0.147. The lowest BCUT2D eigenvalue weighted by Crippen LogP contribution is -2.49. The first-order valence-corrected chi connectivity index (χ1v) is 10.8. The smallest absolute Gasteiger partial charge is 0.236 e. The summed E-state index contributed by atoms with van der Waals surface area (Å²) in [5.41, 5.74) is 1.33. The minimum atomic E-state index is 0.147. The molecule has 3 atom stereocenters. The van der Waals surface area contributed by atoms with Crippen molar-refractivity contribution in [1.29, 1.82) is 0 Å². The molecule has 2 aliphatic carbocycles. The van der Waals surface area contributed by atoms with Gasteiger partial charge in [0.25, 0.3) is 0 Å². The van der Waals surface area contributed by atoms with Crippen molar-refractivity contribution in [3.8, 4) is 0 Å². The Morgan fingerprint density at radius 2 is 1.97 bits per heavy atom. The molecular formula is C24H33N3O2. The molecule has 1 N–H and O–H groups in total. The third kappa shape index (κ3) is 5.09. The molecule has 1 saturated heterocycles. The number of likely N-dealkylation sites (N-methyl/N-ethyl adjacent to an activating group) is 1. The summed E-state index contributed by atoms with van der Waals surface area (Å²) in [6.45, 7) is 7.04. The molecule has 29 heavy (non-hydrogen) atoms. The van der Waals surface area contributed by atoms with Crippen LogP contribution >= 0.6 is 0 Å². The van der Waals surface area contributed by atoms with Gasteiger partial charge >= 0.3 is 0 Å². The third-order valence-corrected chi connectivity index (χ3v) is 6.63. The molecule has 4 rings (SSSR count). The van der Waals surface area contributed by atoms with Crippen molar-refractivity contribution >= 4 is 5.91 Å². The highest BCUT2D eigenvalue weighted by Gasteiger charge is 2.48. The standard InChI is InChI=1S/C24H33N3O2/c1-24(10-8-20(9-11-24)29-18-19-6-4-3-5-7-19)21-16-22(21)25-17-23(28)27-14-12-26(2)13-15-27/h3-10,21-22,25H,11-18H2,1-2H3/t21-,22-,24?/m1/s1. The van der Waals surface area contributed by atoms with E-state index in [2.05, 4.69) is 54.5 Å². The molecule has 1 aromatic carbocycles. The lowest BCUT2D eigenvalue weighted by atomic mass is 9.78. The van der Waals surface area contributed by atoms with E-state index in [1.165, 1.54) is 5.56 Å². The van der Waals surface area contributed by atoms with Crippen molar-refractivity contribution in [3.63, 3.8) is 0 Å². The zero-order chi connectivity index (χ0) is 20.3. The molecular weight excluding hydrogens is 362 g/mol. The Morgan fingerprint density at radius 3 is 2.66 bits per heavy atom. The quantitative estimate of drug-likeness (QED) is 0.771. The number of nitrogens with one attached hydrogen (secondary N) is 1. The Labute approximate surface area is 174 Å². The van der Waals surface area contributed by atoms with Gasteiger partial charge in [-0.15, -0.1) is 0 Å². The van der Waals surface area contributed by atoms with Crippen LogP contribution in [0.3, 0.4) is 0 Å². The van der Waals surface area contributed by atoms with E-state index in [-0.39, 0.29) is 11.3 Å². The minimum Gasteiger partial charge on any atom is -0.489 e. The van der Waals surface area contributed by atoms with E-state index in [0.29, 0.717) is 25.1 Å². The molecule has 1 amide bonds. The highest BCUT2D eigenvalue weighted by molar-refractivity contribution is 5.78. The summed E-state index contributed by atoms with van der Waals surface area (Å²) in [4.78, 5) is 16.7. The Morgan fingerprint density at radius 1 is 1.21 bits per heavy atom. The largest absolute Gasteiger partial charge is 0.489 e. The molecule has 2 fully saturated rings. The van der Waals surface area contributed by atoms with Crippen LogP contribution < -0.4 is 5.32 Å². The highest BCUT2D eigenvalue weighted by atomic mass is 16.5. The van der Waals surface area contributed by atoms with Gasteiger partial charge < -0.3 is 19.9 Å². The first kappa shape index (κ1) is 20.2. The maximum absolute atomic E-state index is 12.4. The van der Waals surface area contributed by atoms with Crippen molar-refractivity contribution in [2.24, 2.45) is 11.3 Å². The Kier molecular flexibility index (Phi) is 6.07. The lowest BCUT2D eigenvalue weighted by Gasteiger charge is -2.32. The van der Waals surface area contributed by atoms with Crippen LogP contribution in [0.1, 0.15) is 25.3 Å². The van der Waals surface area contributed by atoms with E-state index >= 15 is 0 Å². The van der Waals surface area contributed by atoms with E-state index < -0.39 is 0 Å². The number of rotatable bonds is 7. The Bertz CT molecular complexity index is 768. The van der Waals surface area contributed by atoms with Gasteiger partial charge in [-0.25, -0.2) is 0 Å². The number of carbonyl (C=O) groups is 1. The predicted molar refractivity (Wildman–Crippen MR) is 115 cm³/mol. The monoisotopic (exact) mass is 395 g/mol. The zero-order valence-corrected chi connectivity index (χ0v) is 17.6. The van der Waals surface area contributed by atoms with Crippen molar-refractivity contribution in [1.82, 2.24) is 15.1 Å².